The average Bonchev–Trinajstić information content (AvgIpc) is 3.39. The maximum Gasteiger partial charge on any atom is 0.238 e. The van der Waals surface area contributed by atoms with Crippen LogP contribution in [0.3, 0.4) is 0 Å². The van der Waals surface area contributed by atoms with Crippen molar-refractivity contribution < 1.29 is 14.4 Å². The Balaban J connectivity index is 1.03. The molecule has 3 aromatic rings. The number of amides is 1. The standard InChI is InChI=1S/C30H35N5O3/c1-21-5-7-23(8-6-21)33-30(38)20-35-15-13-34(14-16-35)12-11-31-19-26-28(36)17-22(18-29(26)37)24-3-2-4-27-25(24)9-10-32-27/h2-10,19,22,31-32H,11-18,20H2,1H3,(H,33,38). The van der Waals surface area contributed by atoms with E-state index in [2.05, 4.69) is 25.4 Å². The van der Waals surface area contributed by atoms with E-state index >= 15 is 0 Å². The number of carbonyl (C=O) groups excluding carboxylic acids is 3. The molecule has 8 heteroatoms. The summed E-state index contributed by atoms with van der Waals surface area (Å²) in [7, 11) is 0. The predicted octanol–water partition coefficient (Wildman–Crippen LogP) is 3.22. The summed E-state index contributed by atoms with van der Waals surface area (Å²) in [4.78, 5) is 45.7. The predicted molar refractivity (Wildman–Crippen MR) is 149 cm³/mol. The largest absolute Gasteiger partial charge is 0.389 e. The topological polar surface area (TPSA) is 97.5 Å². The summed E-state index contributed by atoms with van der Waals surface area (Å²) < 4.78 is 0. The van der Waals surface area contributed by atoms with Crippen molar-refractivity contribution in [2.24, 2.45) is 0 Å². The Morgan fingerprint density at radius 1 is 0.974 bits per heavy atom. The van der Waals surface area contributed by atoms with Gasteiger partial charge in [-0.2, -0.15) is 0 Å². The van der Waals surface area contributed by atoms with E-state index in [4.69, 9.17) is 0 Å². The molecule has 1 aliphatic carbocycles. The Bertz CT molecular complexity index is 1320. The van der Waals surface area contributed by atoms with Gasteiger partial charge in [0.05, 0.1) is 12.1 Å². The third-order valence-corrected chi connectivity index (χ3v) is 7.52. The fourth-order valence-corrected chi connectivity index (χ4v) is 5.35. The number of nitrogens with zero attached hydrogens (tertiary/aromatic N) is 2. The van der Waals surface area contributed by atoms with Crippen LogP contribution in [0.4, 0.5) is 5.69 Å². The number of aryl methyl sites for hydroxylation is 1. The molecular weight excluding hydrogens is 478 g/mol. The molecule has 5 rings (SSSR count). The van der Waals surface area contributed by atoms with Crippen molar-refractivity contribution in [3.05, 3.63) is 77.6 Å². The molecule has 2 aliphatic rings. The van der Waals surface area contributed by atoms with Gasteiger partial charge in [0, 0.05) is 81.1 Å². The quantitative estimate of drug-likeness (QED) is 0.243. The van der Waals surface area contributed by atoms with E-state index in [-0.39, 0.29) is 29.0 Å². The summed E-state index contributed by atoms with van der Waals surface area (Å²) in [5.74, 6) is -0.265. The molecule has 1 amide bonds. The highest BCUT2D eigenvalue weighted by atomic mass is 16.2. The second-order valence-electron chi connectivity index (χ2n) is 10.3. The first kappa shape index (κ1) is 25.9. The fourth-order valence-electron chi connectivity index (χ4n) is 5.35. The van der Waals surface area contributed by atoms with Crippen molar-refractivity contribution in [1.82, 2.24) is 20.1 Å². The van der Waals surface area contributed by atoms with Crippen molar-refractivity contribution in [3.8, 4) is 0 Å². The number of aromatic amines is 1. The number of hydrogen-bond acceptors (Lipinski definition) is 6. The van der Waals surface area contributed by atoms with Crippen LogP contribution in [0.5, 0.6) is 0 Å². The highest BCUT2D eigenvalue weighted by Gasteiger charge is 2.32. The summed E-state index contributed by atoms with van der Waals surface area (Å²) in [6.45, 7) is 7.28. The van der Waals surface area contributed by atoms with E-state index in [0.717, 1.165) is 60.4 Å². The number of anilines is 1. The molecule has 0 bridgehead atoms. The number of Topliss-reactive ketones (excluding diaryl/α,β-unsaturated/α-hetero) is 2. The molecule has 2 heterocycles. The maximum absolute atomic E-state index is 12.8. The van der Waals surface area contributed by atoms with Crippen LogP contribution < -0.4 is 10.6 Å². The Hall–Kier alpha value is -3.75. The number of nitrogens with one attached hydrogen (secondary N) is 3. The lowest BCUT2D eigenvalue weighted by atomic mass is 9.79. The van der Waals surface area contributed by atoms with E-state index in [9.17, 15) is 14.4 Å². The number of piperazine rings is 1. The van der Waals surface area contributed by atoms with Crippen molar-refractivity contribution >= 4 is 34.1 Å². The molecule has 1 saturated heterocycles. The van der Waals surface area contributed by atoms with Crippen LogP contribution in [0, 0.1) is 6.92 Å². The number of H-pyrrole nitrogens is 1. The molecule has 2 fully saturated rings. The molecular formula is C30H35N5O3. The molecule has 3 N–H and O–H groups in total. The monoisotopic (exact) mass is 513 g/mol. The lowest BCUT2D eigenvalue weighted by Gasteiger charge is -2.34. The maximum atomic E-state index is 12.8. The van der Waals surface area contributed by atoms with Gasteiger partial charge in [0.2, 0.25) is 5.91 Å². The van der Waals surface area contributed by atoms with Crippen LogP contribution in [0.1, 0.15) is 29.9 Å². The van der Waals surface area contributed by atoms with Gasteiger partial charge in [0.15, 0.2) is 11.6 Å². The number of ketones is 2. The van der Waals surface area contributed by atoms with Crippen molar-refractivity contribution in [1.29, 1.82) is 0 Å². The average molecular weight is 514 g/mol. The van der Waals surface area contributed by atoms with Gasteiger partial charge >= 0.3 is 0 Å². The number of fused-ring (bicyclic) bond motifs is 1. The summed E-state index contributed by atoms with van der Waals surface area (Å²) in [5, 5.41) is 7.23. The molecule has 8 nitrogen and oxygen atoms in total. The summed E-state index contributed by atoms with van der Waals surface area (Å²) in [6.07, 6.45) is 4.20. The van der Waals surface area contributed by atoms with E-state index in [1.807, 2.05) is 61.7 Å². The van der Waals surface area contributed by atoms with Crippen LogP contribution >= 0.6 is 0 Å². The normalized spacial score (nSPS) is 19.1. The molecule has 0 atom stereocenters. The minimum Gasteiger partial charge on any atom is -0.389 e. The molecule has 0 spiro atoms. The molecule has 1 aromatic heterocycles. The van der Waals surface area contributed by atoms with Crippen LogP contribution in [0.25, 0.3) is 10.9 Å². The first-order valence-corrected chi connectivity index (χ1v) is 13.3. The van der Waals surface area contributed by atoms with E-state index in [1.165, 1.54) is 0 Å². The molecule has 1 aliphatic heterocycles. The van der Waals surface area contributed by atoms with Gasteiger partial charge in [-0.25, -0.2) is 0 Å². The number of hydrogen-bond donors (Lipinski definition) is 3. The Kier molecular flexibility index (Phi) is 8.00. The SMILES string of the molecule is Cc1ccc(NC(=O)CN2CCN(CCNC=C3C(=O)CC(c4cccc5[nH]ccc45)CC3=O)CC2)cc1. The van der Waals surface area contributed by atoms with Crippen molar-refractivity contribution in [2.75, 3.05) is 51.1 Å². The first-order chi connectivity index (χ1) is 18.5. The smallest absolute Gasteiger partial charge is 0.238 e. The van der Waals surface area contributed by atoms with E-state index in [0.29, 0.717) is 25.9 Å². The van der Waals surface area contributed by atoms with Gasteiger partial charge < -0.3 is 15.6 Å². The number of carbonyl (C=O) groups is 3. The zero-order valence-electron chi connectivity index (χ0n) is 21.8. The van der Waals surface area contributed by atoms with E-state index in [1.54, 1.807) is 6.20 Å². The Labute approximate surface area is 223 Å². The van der Waals surface area contributed by atoms with E-state index < -0.39 is 0 Å². The fraction of sp³-hybridized carbons (Fsp3) is 0.367. The molecule has 198 valence electrons. The number of aromatic nitrogens is 1. The number of rotatable bonds is 8. The zero-order chi connectivity index (χ0) is 26.5. The summed E-state index contributed by atoms with van der Waals surface area (Å²) in [5.41, 5.74) is 4.35. The lowest BCUT2D eigenvalue weighted by molar-refractivity contribution is -0.124. The minimum atomic E-state index is -0.0937. The third-order valence-electron chi connectivity index (χ3n) is 7.52. The van der Waals surface area contributed by atoms with Gasteiger partial charge in [-0.15, -0.1) is 0 Å². The lowest BCUT2D eigenvalue weighted by Crippen LogP contribution is -2.49. The van der Waals surface area contributed by atoms with Crippen LogP contribution in [-0.4, -0.2) is 78.1 Å². The number of benzene rings is 2. The minimum absolute atomic E-state index is 0.00410. The highest BCUT2D eigenvalue weighted by molar-refractivity contribution is 6.22. The van der Waals surface area contributed by atoms with Crippen LogP contribution in [-0.2, 0) is 14.4 Å². The molecule has 0 unspecified atom stereocenters. The second-order valence-corrected chi connectivity index (χ2v) is 10.3. The second kappa shape index (κ2) is 11.8. The third kappa shape index (κ3) is 6.20. The van der Waals surface area contributed by atoms with Gasteiger partial charge in [-0.3, -0.25) is 24.2 Å². The van der Waals surface area contributed by atoms with Crippen LogP contribution in [0.2, 0.25) is 0 Å². The molecule has 38 heavy (non-hydrogen) atoms. The summed E-state index contributed by atoms with van der Waals surface area (Å²) in [6, 6.07) is 15.8. The molecule has 0 radical (unpaired) electrons. The van der Waals surface area contributed by atoms with Gasteiger partial charge in [-0.05, 0) is 42.7 Å². The first-order valence-electron chi connectivity index (χ1n) is 13.3. The molecule has 1 saturated carbocycles. The van der Waals surface area contributed by atoms with Crippen molar-refractivity contribution in [2.45, 2.75) is 25.7 Å². The zero-order valence-corrected chi connectivity index (χ0v) is 21.8. The Morgan fingerprint density at radius 2 is 1.68 bits per heavy atom. The van der Waals surface area contributed by atoms with Gasteiger partial charge in [-0.1, -0.05) is 29.8 Å². The van der Waals surface area contributed by atoms with Gasteiger partial charge in [0.1, 0.15) is 0 Å². The Morgan fingerprint density at radius 3 is 2.42 bits per heavy atom. The highest BCUT2D eigenvalue weighted by Crippen LogP contribution is 2.35. The van der Waals surface area contributed by atoms with Crippen LogP contribution in [0.15, 0.2) is 66.5 Å². The summed E-state index contributed by atoms with van der Waals surface area (Å²) >= 11 is 0. The van der Waals surface area contributed by atoms with Crippen molar-refractivity contribution in [3.63, 3.8) is 0 Å². The number of allylic oxidation sites excluding steroid dienone is 1. The van der Waals surface area contributed by atoms with Gasteiger partial charge in [0.25, 0.3) is 0 Å². The molecule has 2 aromatic carbocycles.